The third-order valence-corrected chi connectivity index (χ3v) is 3.95. The van der Waals surface area contributed by atoms with Crippen molar-refractivity contribution in [1.29, 1.82) is 0 Å². The summed E-state index contributed by atoms with van der Waals surface area (Å²) in [4.78, 5) is 19.9. The van der Waals surface area contributed by atoms with E-state index < -0.39 is 35.1 Å². The van der Waals surface area contributed by atoms with Gasteiger partial charge in [0.15, 0.2) is 0 Å². The molecule has 0 spiro atoms. The fourth-order valence-electron chi connectivity index (χ4n) is 2.50. The number of alkyl halides is 6. The zero-order valence-electron chi connectivity index (χ0n) is 15.5. The molecule has 0 saturated carbocycles. The first-order chi connectivity index (χ1) is 14.5. The number of amides is 1. The standard InChI is InChI=1S/C20H13F6N3O2/c21-19(22,23)13-6-14(20(24,25)26)8-15(7-13)29-18(30)16-9-17(28-11-27-16)31-10-12-4-2-1-3-5-12/h1-9,11H,10H2,(H,29,30). The van der Waals surface area contributed by atoms with E-state index >= 15 is 0 Å². The second-order valence-electron chi connectivity index (χ2n) is 6.26. The molecule has 0 atom stereocenters. The van der Waals surface area contributed by atoms with Gasteiger partial charge < -0.3 is 10.1 Å². The number of ether oxygens (including phenoxy) is 1. The van der Waals surface area contributed by atoms with Gasteiger partial charge in [-0.25, -0.2) is 9.97 Å². The van der Waals surface area contributed by atoms with Crippen molar-refractivity contribution in [3.05, 3.63) is 83.3 Å². The molecular formula is C20H13F6N3O2. The van der Waals surface area contributed by atoms with E-state index in [1.165, 1.54) is 0 Å². The van der Waals surface area contributed by atoms with E-state index in [4.69, 9.17) is 4.74 Å². The van der Waals surface area contributed by atoms with E-state index in [0.29, 0.717) is 12.1 Å². The Labute approximate surface area is 171 Å². The van der Waals surface area contributed by atoms with Crippen molar-refractivity contribution >= 4 is 11.6 Å². The van der Waals surface area contributed by atoms with Gasteiger partial charge in [0.1, 0.15) is 18.6 Å². The molecule has 0 bridgehead atoms. The lowest BCUT2D eigenvalue weighted by Gasteiger charge is -2.14. The van der Waals surface area contributed by atoms with E-state index in [1.54, 1.807) is 24.3 Å². The van der Waals surface area contributed by atoms with Crippen LogP contribution >= 0.6 is 0 Å². The van der Waals surface area contributed by atoms with Crippen molar-refractivity contribution in [1.82, 2.24) is 9.97 Å². The number of hydrogen-bond acceptors (Lipinski definition) is 4. The Hall–Kier alpha value is -3.63. The average Bonchev–Trinajstić information content (AvgIpc) is 2.72. The lowest BCUT2D eigenvalue weighted by molar-refractivity contribution is -0.143. The molecule has 0 fully saturated rings. The Morgan fingerprint density at radius 1 is 0.871 bits per heavy atom. The van der Waals surface area contributed by atoms with E-state index in [0.717, 1.165) is 18.0 Å². The summed E-state index contributed by atoms with van der Waals surface area (Å²) in [6.45, 7) is 0.126. The number of rotatable bonds is 5. The molecule has 1 heterocycles. The summed E-state index contributed by atoms with van der Waals surface area (Å²) in [6.07, 6.45) is -9.08. The zero-order chi connectivity index (χ0) is 22.6. The second kappa shape index (κ2) is 8.62. The largest absolute Gasteiger partial charge is 0.473 e. The quantitative estimate of drug-likeness (QED) is 0.543. The lowest BCUT2D eigenvalue weighted by atomic mass is 10.1. The molecular weight excluding hydrogens is 428 g/mol. The van der Waals surface area contributed by atoms with Gasteiger partial charge in [-0.05, 0) is 23.8 Å². The third-order valence-electron chi connectivity index (χ3n) is 3.95. The van der Waals surface area contributed by atoms with Crippen LogP contribution in [0.3, 0.4) is 0 Å². The van der Waals surface area contributed by atoms with Crippen molar-refractivity contribution in [3.8, 4) is 5.88 Å². The van der Waals surface area contributed by atoms with Crippen LogP contribution in [0.15, 0.2) is 60.9 Å². The molecule has 0 radical (unpaired) electrons. The van der Waals surface area contributed by atoms with Gasteiger partial charge in [-0.3, -0.25) is 4.79 Å². The van der Waals surface area contributed by atoms with E-state index in [-0.39, 0.29) is 24.2 Å². The van der Waals surface area contributed by atoms with Gasteiger partial charge in [0.2, 0.25) is 5.88 Å². The Morgan fingerprint density at radius 3 is 2.06 bits per heavy atom. The molecule has 3 aromatic rings. The van der Waals surface area contributed by atoms with E-state index in [2.05, 4.69) is 9.97 Å². The number of halogens is 6. The molecule has 0 aliphatic rings. The number of carbonyl (C=O) groups excluding carboxylic acids is 1. The Morgan fingerprint density at radius 2 is 1.48 bits per heavy atom. The molecule has 1 N–H and O–H groups in total. The van der Waals surface area contributed by atoms with Crippen molar-refractivity contribution in [3.63, 3.8) is 0 Å². The number of carbonyl (C=O) groups is 1. The highest BCUT2D eigenvalue weighted by Gasteiger charge is 2.37. The minimum Gasteiger partial charge on any atom is -0.473 e. The van der Waals surface area contributed by atoms with Crippen LogP contribution in [0.1, 0.15) is 27.2 Å². The van der Waals surface area contributed by atoms with Gasteiger partial charge in [0.25, 0.3) is 5.91 Å². The van der Waals surface area contributed by atoms with Crippen LogP contribution in [0.4, 0.5) is 32.0 Å². The summed E-state index contributed by atoms with van der Waals surface area (Å²) in [5, 5.41) is 2.00. The second-order valence-corrected chi connectivity index (χ2v) is 6.26. The summed E-state index contributed by atoms with van der Waals surface area (Å²) in [5.74, 6) is -1.02. The normalized spacial score (nSPS) is 11.8. The number of nitrogens with one attached hydrogen (secondary N) is 1. The molecule has 2 aromatic carbocycles. The highest BCUT2D eigenvalue weighted by molar-refractivity contribution is 6.03. The predicted molar refractivity (Wildman–Crippen MR) is 97.2 cm³/mol. The molecule has 0 unspecified atom stereocenters. The third kappa shape index (κ3) is 5.93. The molecule has 0 saturated heterocycles. The summed E-state index contributed by atoms with van der Waals surface area (Å²) in [5.41, 5.74) is -3.27. The monoisotopic (exact) mass is 441 g/mol. The minimum atomic E-state index is -5.03. The van der Waals surface area contributed by atoms with E-state index in [9.17, 15) is 31.1 Å². The maximum Gasteiger partial charge on any atom is 0.416 e. The SMILES string of the molecule is O=C(Nc1cc(C(F)(F)F)cc(C(F)(F)F)c1)c1cc(OCc2ccccc2)ncn1. The number of nitrogens with zero attached hydrogens (tertiary/aromatic N) is 2. The highest BCUT2D eigenvalue weighted by Crippen LogP contribution is 2.37. The fourth-order valence-corrected chi connectivity index (χ4v) is 2.50. The molecule has 3 rings (SSSR count). The summed E-state index contributed by atoms with van der Waals surface area (Å²) in [6, 6.07) is 10.9. The Bertz CT molecular complexity index is 1040. The van der Waals surface area contributed by atoms with Gasteiger partial charge in [-0.15, -0.1) is 0 Å². The van der Waals surface area contributed by atoms with Crippen LogP contribution in [0.5, 0.6) is 5.88 Å². The molecule has 0 aliphatic heterocycles. The molecule has 1 amide bonds. The lowest BCUT2D eigenvalue weighted by Crippen LogP contribution is -2.17. The maximum absolute atomic E-state index is 13.0. The molecule has 1 aromatic heterocycles. The van der Waals surface area contributed by atoms with Crippen LogP contribution in [0.25, 0.3) is 0 Å². The van der Waals surface area contributed by atoms with Crippen LogP contribution in [-0.4, -0.2) is 15.9 Å². The molecule has 31 heavy (non-hydrogen) atoms. The van der Waals surface area contributed by atoms with Crippen LogP contribution < -0.4 is 10.1 Å². The first kappa shape index (κ1) is 22.1. The summed E-state index contributed by atoms with van der Waals surface area (Å²) in [7, 11) is 0. The highest BCUT2D eigenvalue weighted by atomic mass is 19.4. The smallest absolute Gasteiger partial charge is 0.416 e. The Kier molecular flexibility index (Phi) is 6.14. The van der Waals surface area contributed by atoms with Crippen molar-refractivity contribution in [2.75, 3.05) is 5.32 Å². The van der Waals surface area contributed by atoms with Crippen molar-refractivity contribution in [2.24, 2.45) is 0 Å². The average molecular weight is 441 g/mol. The van der Waals surface area contributed by atoms with Crippen LogP contribution in [0.2, 0.25) is 0 Å². The van der Waals surface area contributed by atoms with Crippen LogP contribution in [0, 0.1) is 0 Å². The van der Waals surface area contributed by atoms with Gasteiger partial charge in [-0.1, -0.05) is 30.3 Å². The number of anilines is 1. The zero-order valence-corrected chi connectivity index (χ0v) is 15.5. The minimum absolute atomic E-state index is 0.00373. The topological polar surface area (TPSA) is 64.1 Å². The van der Waals surface area contributed by atoms with Gasteiger partial charge in [-0.2, -0.15) is 26.3 Å². The first-order valence-corrected chi connectivity index (χ1v) is 8.62. The van der Waals surface area contributed by atoms with Gasteiger partial charge >= 0.3 is 12.4 Å². The number of benzene rings is 2. The number of hydrogen-bond donors (Lipinski definition) is 1. The van der Waals surface area contributed by atoms with Gasteiger partial charge in [0, 0.05) is 11.8 Å². The first-order valence-electron chi connectivity index (χ1n) is 8.62. The summed E-state index contributed by atoms with van der Waals surface area (Å²) < 4.78 is 83.2. The fraction of sp³-hybridized carbons (Fsp3) is 0.150. The van der Waals surface area contributed by atoms with E-state index in [1.807, 2.05) is 11.4 Å². The number of aromatic nitrogens is 2. The van der Waals surface area contributed by atoms with Crippen LogP contribution in [-0.2, 0) is 19.0 Å². The predicted octanol–water partition coefficient (Wildman–Crippen LogP) is 5.35. The molecule has 5 nitrogen and oxygen atoms in total. The van der Waals surface area contributed by atoms with Gasteiger partial charge in [0.05, 0.1) is 11.1 Å². The molecule has 0 aliphatic carbocycles. The molecule has 11 heteroatoms. The van der Waals surface area contributed by atoms with Crippen molar-refractivity contribution < 1.29 is 35.9 Å². The maximum atomic E-state index is 13.0. The van der Waals surface area contributed by atoms with Crippen molar-refractivity contribution in [2.45, 2.75) is 19.0 Å². The molecule has 162 valence electrons. The Balaban J connectivity index is 1.79. The summed E-state index contributed by atoms with van der Waals surface area (Å²) >= 11 is 0.